The number of rotatable bonds is 6. The number of ether oxygens (including phenoxy) is 2. The summed E-state index contributed by atoms with van der Waals surface area (Å²) in [5.41, 5.74) is 0.745. The fourth-order valence-electron chi connectivity index (χ4n) is 3.08. The van der Waals surface area contributed by atoms with Gasteiger partial charge >= 0.3 is 6.36 Å². The summed E-state index contributed by atoms with van der Waals surface area (Å²) in [5, 5.41) is 3.30. The minimum atomic E-state index is -4.70. The van der Waals surface area contributed by atoms with Gasteiger partial charge < -0.3 is 14.8 Å². The molecule has 0 amide bonds. The van der Waals surface area contributed by atoms with Crippen molar-refractivity contribution in [3.8, 4) is 11.5 Å². The molecular formula is C17H25F3N2O2. The van der Waals surface area contributed by atoms with Gasteiger partial charge in [-0.3, -0.25) is 4.90 Å². The first kappa shape index (κ1) is 18.9. The van der Waals surface area contributed by atoms with Gasteiger partial charge in [0.1, 0.15) is 11.5 Å². The molecule has 1 heterocycles. The molecule has 0 spiro atoms. The van der Waals surface area contributed by atoms with E-state index in [0.29, 0.717) is 11.7 Å². The number of alkyl halides is 3. The molecule has 2 rings (SSSR count). The highest BCUT2D eigenvalue weighted by Crippen LogP contribution is 2.37. The van der Waals surface area contributed by atoms with E-state index in [2.05, 4.69) is 28.8 Å². The second-order valence-electron chi connectivity index (χ2n) is 6.38. The third kappa shape index (κ3) is 5.27. The molecule has 0 bridgehead atoms. The van der Waals surface area contributed by atoms with Crippen LogP contribution in [0, 0.1) is 5.92 Å². The van der Waals surface area contributed by atoms with Crippen LogP contribution in [0.3, 0.4) is 0 Å². The summed E-state index contributed by atoms with van der Waals surface area (Å²) in [6, 6.07) is 4.30. The first-order valence-electron chi connectivity index (χ1n) is 8.18. The number of hydrogen-bond acceptors (Lipinski definition) is 4. The van der Waals surface area contributed by atoms with E-state index in [9.17, 15) is 13.2 Å². The summed E-state index contributed by atoms with van der Waals surface area (Å²) < 4.78 is 47.2. The van der Waals surface area contributed by atoms with Gasteiger partial charge in [0.2, 0.25) is 0 Å². The van der Waals surface area contributed by atoms with E-state index >= 15 is 0 Å². The molecule has 1 aliphatic heterocycles. The van der Waals surface area contributed by atoms with Crippen LogP contribution >= 0.6 is 0 Å². The topological polar surface area (TPSA) is 33.7 Å². The van der Waals surface area contributed by atoms with E-state index < -0.39 is 6.36 Å². The SMILES string of the molecule is COc1ccc(OC(F)(F)F)cc1[C@H](CC(C)C)N1CCNCC1. The maximum absolute atomic E-state index is 12.5. The number of halogens is 3. The third-order valence-corrected chi connectivity index (χ3v) is 4.08. The Labute approximate surface area is 140 Å². The lowest BCUT2D eigenvalue weighted by Gasteiger charge is -2.36. The quantitative estimate of drug-likeness (QED) is 0.854. The van der Waals surface area contributed by atoms with Gasteiger partial charge in [0, 0.05) is 37.8 Å². The smallest absolute Gasteiger partial charge is 0.496 e. The van der Waals surface area contributed by atoms with Crippen LogP contribution in [0.15, 0.2) is 18.2 Å². The van der Waals surface area contributed by atoms with Crippen LogP contribution < -0.4 is 14.8 Å². The summed E-state index contributed by atoms with van der Waals surface area (Å²) >= 11 is 0. The van der Waals surface area contributed by atoms with Crippen LogP contribution in [0.2, 0.25) is 0 Å². The highest BCUT2D eigenvalue weighted by molar-refractivity contribution is 5.42. The monoisotopic (exact) mass is 346 g/mol. The van der Waals surface area contributed by atoms with Crippen molar-refractivity contribution >= 4 is 0 Å². The molecule has 1 N–H and O–H groups in total. The molecule has 136 valence electrons. The standard InChI is InChI=1S/C17H25F3N2O2/c1-12(2)10-15(22-8-6-21-7-9-22)14-11-13(24-17(18,19)20)4-5-16(14)23-3/h4-5,11-12,15,21H,6-10H2,1-3H3/t15-/m0/s1. The summed E-state index contributed by atoms with van der Waals surface area (Å²) in [6.07, 6.45) is -3.86. The second kappa shape index (κ2) is 8.07. The number of hydrogen-bond donors (Lipinski definition) is 1. The van der Waals surface area contributed by atoms with Crippen molar-refractivity contribution in [2.75, 3.05) is 33.3 Å². The van der Waals surface area contributed by atoms with Gasteiger partial charge in [0.25, 0.3) is 0 Å². The van der Waals surface area contributed by atoms with Gasteiger partial charge in [-0.15, -0.1) is 13.2 Å². The number of benzene rings is 1. The van der Waals surface area contributed by atoms with Gasteiger partial charge in [-0.1, -0.05) is 13.8 Å². The minimum Gasteiger partial charge on any atom is -0.496 e. The number of nitrogens with zero attached hydrogens (tertiary/aromatic N) is 1. The Bertz CT molecular complexity index is 529. The number of nitrogens with one attached hydrogen (secondary N) is 1. The zero-order valence-corrected chi connectivity index (χ0v) is 14.3. The minimum absolute atomic E-state index is 0.00108. The van der Waals surface area contributed by atoms with Gasteiger partial charge in [-0.2, -0.15) is 0 Å². The lowest BCUT2D eigenvalue weighted by atomic mass is 9.94. The number of piperazine rings is 1. The molecule has 1 aromatic carbocycles. The molecule has 1 saturated heterocycles. The largest absolute Gasteiger partial charge is 0.573 e. The van der Waals surface area contributed by atoms with E-state index in [4.69, 9.17) is 4.74 Å². The van der Waals surface area contributed by atoms with Crippen LogP contribution in [0.25, 0.3) is 0 Å². The first-order valence-corrected chi connectivity index (χ1v) is 8.18. The van der Waals surface area contributed by atoms with Crippen molar-refractivity contribution in [2.45, 2.75) is 32.7 Å². The molecule has 0 unspecified atom stereocenters. The predicted molar refractivity (Wildman–Crippen MR) is 86.3 cm³/mol. The van der Waals surface area contributed by atoms with Crippen molar-refractivity contribution in [2.24, 2.45) is 5.92 Å². The lowest BCUT2D eigenvalue weighted by Crippen LogP contribution is -2.45. The maximum atomic E-state index is 12.5. The zero-order valence-electron chi connectivity index (χ0n) is 14.3. The molecule has 0 radical (unpaired) electrons. The normalized spacial score (nSPS) is 17.8. The summed E-state index contributed by atoms with van der Waals surface area (Å²) in [7, 11) is 1.54. The van der Waals surface area contributed by atoms with Crippen LogP contribution in [-0.2, 0) is 0 Å². The summed E-state index contributed by atoms with van der Waals surface area (Å²) in [6.45, 7) is 7.66. The lowest BCUT2D eigenvalue weighted by molar-refractivity contribution is -0.274. The van der Waals surface area contributed by atoms with E-state index in [-0.39, 0.29) is 11.8 Å². The second-order valence-corrected chi connectivity index (χ2v) is 6.38. The summed E-state index contributed by atoms with van der Waals surface area (Å²) in [4.78, 5) is 2.30. The van der Waals surface area contributed by atoms with Crippen molar-refractivity contribution in [3.63, 3.8) is 0 Å². The molecule has 0 aliphatic carbocycles. The average Bonchev–Trinajstić information content (AvgIpc) is 2.52. The molecule has 1 aliphatic rings. The van der Waals surface area contributed by atoms with E-state index in [1.165, 1.54) is 19.2 Å². The molecular weight excluding hydrogens is 321 g/mol. The summed E-state index contributed by atoms with van der Waals surface area (Å²) in [5.74, 6) is 0.790. The van der Waals surface area contributed by atoms with Crippen LogP contribution in [0.5, 0.6) is 11.5 Å². The highest BCUT2D eigenvalue weighted by atomic mass is 19.4. The van der Waals surface area contributed by atoms with Crippen LogP contribution in [0.1, 0.15) is 31.9 Å². The molecule has 0 aromatic heterocycles. The molecule has 4 nitrogen and oxygen atoms in total. The van der Waals surface area contributed by atoms with Crippen LogP contribution in [0.4, 0.5) is 13.2 Å². The van der Waals surface area contributed by atoms with Crippen molar-refractivity contribution in [3.05, 3.63) is 23.8 Å². The Morgan fingerprint density at radius 2 is 1.88 bits per heavy atom. The van der Waals surface area contributed by atoms with E-state index in [0.717, 1.165) is 38.2 Å². The highest BCUT2D eigenvalue weighted by Gasteiger charge is 2.32. The fourth-order valence-corrected chi connectivity index (χ4v) is 3.08. The van der Waals surface area contributed by atoms with Crippen molar-refractivity contribution in [1.29, 1.82) is 0 Å². The van der Waals surface area contributed by atoms with E-state index in [1.807, 2.05) is 0 Å². The molecule has 7 heteroatoms. The number of methoxy groups -OCH3 is 1. The Morgan fingerprint density at radius 3 is 2.42 bits per heavy atom. The maximum Gasteiger partial charge on any atom is 0.573 e. The fraction of sp³-hybridized carbons (Fsp3) is 0.647. The Hall–Kier alpha value is -1.47. The first-order chi connectivity index (χ1) is 11.3. The molecule has 0 saturated carbocycles. The van der Waals surface area contributed by atoms with Crippen LogP contribution in [-0.4, -0.2) is 44.6 Å². The van der Waals surface area contributed by atoms with Gasteiger partial charge in [0.05, 0.1) is 7.11 Å². The Balaban J connectivity index is 2.36. The zero-order chi connectivity index (χ0) is 17.7. The molecule has 1 atom stereocenters. The average molecular weight is 346 g/mol. The van der Waals surface area contributed by atoms with Crippen molar-refractivity contribution < 1.29 is 22.6 Å². The Morgan fingerprint density at radius 1 is 1.21 bits per heavy atom. The molecule has 24 heavy (non-hydrogen) atoms. The molecule has 1 fully saturated rings. The van der Waals surface area contributed by atoms with E-state index in [1.54, 1.807) is 6.07 Å². The molecule has 1 aromatic rings. The predicted octanol–water partition coefficient (Wildman–Crippen LogP) is 3.59. The van der Waals surface area contributed by atoms with Gasteiger partial charge in [-0.25, -0.2) is 0 Å². The van der Waals surface area contributed by atoms with Gasteiger partial charge in [0.15, 0.2) is 0 Å². The van der Waals surface area contributed by atoms with Crippen molar-refractivity contribution in [1.82, 2.24) is 10.2 Å². The third-order valence-electron chi connectivity index (χ3n) is 4.08. The Kier molecular flexibility index (Phi) is 6.34. The van der Waals surface area contributed by atoms with Gasteiger partial charge in [-0.05, 0) is 30.5 Å².